The molecule has 0 saturated heterocycles. The molecule has 0 radical (unpaired) electrons. The van der Waals surface area contributed by atoms with Gasteiger partial charge in [-0.1, -0.05) is 225 Å². The van der Waals surface area contributed by atoms with Gasteiger partial charge in [0.2, 0.25) is 5.91 Å². The van der Waals surface area contributed by atoms with Gasteiger partial charge in [-0.15, -0.1) is 0 Å². The Hall–Kier alpha value is -3.36. The van der Waals surface area contributed by atoms with E-state index in [1.54, 1.807) is 6.08 Å². The van der Waals surface area contributed by atoms with E-state index in [1.165, 1.54) is 77.0 Å². The zero-order valence-corrected chi connectivity index (χ0v) is 47.5. The van der Waals surface area contributed by atoms with Crippen molar-refractivity contribution in [2.75, 3.05) is 40.9 Å². The fraction of sp³-hybridized carbons (Fsp3) is 0.635. The van der Waals surface area contributed by atoms with E-state index < -0.39 is 20.0 Å². The number of nitrogens with zero attached hydrogens (tertiary/aromatic N) is 1. The third-order valence-corrected chi connectivity index (χ3v) is 12.8. The van der Waals surface area contributed by atoms with Gasteiger partial charge in [-0.2, -0.15) is 0 Å². The molecule has 410 valence electrons. The Kier molecular flexibility index (Phi) is 50.1. The van der Waals surface area contributed by atoms with Crippen molar-refractivity contribution in [1.82, 2.24) is 5.32 Å². The van der Waals surface area contributed by atoms with Crippen molar-refractivity contribution in [3.05, 3.63) is 134 Å². The second-order valence-electron chi connectivity index (χ2n) is 19.9. The first kappa shape index (κ1) is 68.6. The Labute approximate surface area is 443 Å². The smallest absolute Gasteiger partial charge is 0.387 e. The number of carbonyl (C=O) groups is 1. The molecule has 9 heteroatoms. The molecule has 3 atom stereocenters. The molecule has 72 heavy (non-hydrogen) atoms. The van der Waals surface area contributed by atoms with Gasteiger partial charge in [-0.3, -0.25) is 13.8 Å². The number of amides is 1. The molecule has 0 saturated carbocycles. The van der Waals surface area contributed by atoms with E-state index in [0.717, 1.165) is 109 Å². The minimum Gasteiger partial charge on any atom is -0.387 e. The Morgan fingerprint density at radius 1 is 0.486 bits per heavy atom. The normalized spacial score (nSPS) is 14.9. The number of rotatable bonds is 50. The van der Waals surface area contributed by atoms with Gasteiger partial charge >= 0.3 is 7.82 Å². The summed E-state index contributed by atoms with van der Waals surface area (Å²) in [5.41, 5.74) is 0. The van der Waals surface area contributed by atoms with Crippen molar-refractivity contribution in [2.45, 2.75) is 219 Å². The lowest BCUT2D eigenvalue weighted by molar-refractivity contribution is -0.870. The first-order valence-electron chi connectivity index (χ1n) is 28.6. The molecule has 0 bridgehead atoms. The highest BCUT2D eigenvalue weighted by Gasteiger charge is 2.27. The summed E-state index contributed by atoms with van der Waals surface area (Å²) in [6.45, 7) is 4.64. The molecular formula is C63H108N2O6P+. The highest BCUT2D eigenvalue weighted by Crippen LogP contribution is 2.43. The van der Waals surface area contributed by atoms with Crippen LogP contribution in [-0.4, -0.2) is 73.4 Å². The van der Waals surface area contributed by atoms with Crippen LogP contribution in [0.3, 0.4) is 0 Å². The lowest BCUT2D eigenvalue weighted by Crippen LogP contribution is -2.45. The summed E-state index contributed by atoms with van der Waals surface area (Å²) in [6, 6.07) is -0.884. The first-order valence-corrected chi connectivity index (χ1v) is 30.1. The van der Waals surface area contributed by atoms with Crippen LogP contribution < -0.4 is 5.32 Å². The molecule has 3 unspecified atom stereocenters. The molecule has 0 spiro atoms. The van der Waals surface area contributed by atoms with Crippen LogP contribution in [-0.2, 0) is 18.4 Å². The second kappa shape index (κ2) is 52.5. The quantitative estimate of drug-likeness (QED) is 0.0243. The van der Waals surface area contributed by atoms with E-state index in [0.29, 0.717) is 17.4 Å². The van der Waals surface area contributed by atoms with Crippen molar-refractivity contribution in [1.29, 1.82) is 0 Å². The molecular weight excluding hydrogens is 912 g/mol. The molecule has 0 rings (SSSR count). The van der Waals surface area contributed by atoms with Crippen LogP contribution in [0.1, 0.15) is 206 Å². The molecule has 0 aliphatic heterocycles. The zero-order chi connectivity index (χ0) is 52.7. The number of phosphoric acid groups is 1. The van der Waals surface area contributed by atoms with Crippen LogP contribution in [0.5, 0.6) is 0 Å². The third kappa shape index (κ3) is 54.4. The number of nitrogens with one attached hydrogen (secondary N) is 1. The highest BCUT2D eigenvalue weighted by molar-refractivity contribution is 7.47. The monoisotopic (exact) mass is 1020 g/mol. The maximum absolute atomic E-state index is 13.0. The molecule has 0 aromatic carbocycles. The van der Waals surface area contributed by atoms with E-state index in [-0.39, 0.29) is 19.1 Å². The highest BCUT2D eigenvalue weighted by atomic mass is 31.2. The van der Waals surface area contributed by atoms with E-state index in [9.17, 15) is 19.4 Å². The fourth-order valence-electron chi connectivity index (χ4n) is 7.38. The van der Waals surface area contributed by atoms with Crippen molar-refractivity contribution < 1.29 is 32.9 Å². The summed E-state index contributed by atoms with van der Waals surface area (Å²) < 4.78 is 23.6. The number of allylic oxidation sites excluding steroid dienone is 21. The predicted molar refractivity (Wildman–Crippen MR) is 313 cm³/mol. The summed E-state index contributed by atoms with van der Waals surface area (Å²) >= 11 is 0. The molecule has 0 aliphatic carbocycles. The largest absolute Gasteiger partial charge is 0.472 e. The van der Waals surface area contributed by atoms with Gasteiger partial charge < -0.3 is 19.8 Å². The summed E-state index contributed by atoms with van der Waals surface area (Å²) in [5, 5.41) is 13.9. The number of aliphatic hydroxyl groups is 1. The average Bonchev–Trinajstić information content (AvgIpc) is 3.34. The molecule has 0 aromatic heterocycles. The SMILES string of the molecule is CC/C=C\C/C=C\C/C=C\C/C=C\C/C=C\C/C=C\C/C=C\C/C=C\CCCCCCCCCCC(=O)NC(COP(=O)(O)OCC[N+](C)(C)C)C(O)/C=C/CC/C=C/CC/C=C/CCCCCCCCC. The van der Waals surface area contributed by atoms with Crippen molar-refractivity contribution in [3.8, 4) is 0 Å². The summed E-state index contributed by atoms with van der Waals surface area (Å²) in [5.74, 6) is -0.206. The standard InChI is InChI=1S/C63H107N2O6P/c1-6-8-10-12-14-16-18-20-22-24-25-26-27-28-29-30-31-32-33-34-35-36-37-38-39-41-43-45-47-49-51-53-55-57-63(67)64-61(60-71-72(68,69)70-59-58-65(3,4)5)62(66)56-54-52-50-48-46-44-42-40-23-21-19-17-15-13-11-9-7-2/h8,10,14,16,20,22-23,25-26,28-29,31-32,34-35,37-38,40,46,48,54,56,61-62,66H,6-7,9,11-13,15,17-19,21,24,27,30,33,36,39,41-45,47,49-53,55,57-60H2,1-5H3,(H-,64,67,68,69)/p+1/b10-8-,16-14-,22-20-,26-25-,29-28-,32-31-,35-34-,38-37-,40-23+,48-46+,56-54+. The van der Waals surface area contributed by atoms with Crippen molar-refractivity contribution in [3.63, 3.8) is 0 Å². The maximum atomic E-state index is 13.0. The average molecular weight is 1020 g/mol. The van der Waals surface area contributed by atoms with Crippen molar-refractivity contribution in [2.24, 2.45) is 0 Å². The van der Waals surface area contributed by atoms with E-state index >= 15 is 0 Å². The molecule has 0 aromatic rings. The van der Waals surface area contributed by atoms with Gasteiger partial charge in [0.1, 0.15) is 13.2 Å². The molecule has 1 amide bonds. The third-order valence-electron chi connectivity index (χ3n) is 11.8. The predicted octanol–water partition coefficient (Wildman–Crippen LogP) is 17.5. The topological polar surface area (TPSA) is 105 Å². The van der Waals surface area contributed by atoms with Gasteiger partial charge in [0.25, 0.3) is 0 Å². The van der Waals surface area contributed by atoms with Crippen molar-refractivity contribution >= 4 is 13.7 Å². The van der Waals surface area contributed by atoms with Crippen LogP contribution in [0.4, 0.5) is 0 Å². The number of carbonyl (C=O) groups excluding carboxylic acids is 1. The maximum Gasteiger partial charge on any atom is 0.472 e. The minimum atomic E-state index is -4.37. The Bertz CT molecular complexity index is 1630. The fourth-order valence-corrected chi connectivity index (χ4v) is 8.12. The summed E-state index contributed by atoms with van der Waals surface area (Å²) in [6.07, 6.45) is 79.8. The van der Waals surface area contributed by atoms with Gasteiger partial charge in [0.15, 0.2) is 0 Å². The number of unbranched alkanes of at least 4 members (excludes halogenated alkanes) is 17. The summed E-state index contributed by atoms with van der Waals surface area (Å²) in [7, 11) is 1.52. The van der Waals surface area contributed by atoms with Crippen LogP contribution in [0.25, 0.3) is 0 Å². The molecule has 0 aliphatic rings. The van der Waals surface area contributed by atoms with Crippen LogP contribution in [0.2, 0.25) is 0 Å². The van der Waals surface area contributed by atoms with Gasteiger partial charge in [-0.25, -0.2) is 4.57 Å². The number of hydrogen-bond donors (Lipinski definition) is 3. The van der Waals surface area contributed by atoms with Gasteiger partial charge in [0.05, 0.1) is 39.9 Å². The van der Waals surface area contributed by atoms with Crippen LogP contribution in [0.15, 0.2) is 134 Å². The van der Waals surface area contributed by atoms with Gasteiger partial charge in [0, 0.05) is 6.42 Å². The molecule has 3 N–H and O–H groups in total. The Morgan fingerprint density at radius 3 is 1.28 bits per heavy atom. The number of likely N-dealkylation sites (N-methyl/N-ethyl adjacent to an activating group) is 1. The number of hydrogen-bond acceptors (Lipinski definition) is 5. The molecule has 0 heterocycles. The van der Waals surface area contributed by atoms with Crippen LogP contribution in [0, 0.1) is 0 Å². The second-order valence-corrected chi connectivity index (χ2v) is 21.4. The molecule has 0 fully saturated rings. The Morgan fingerprint density at radius 2 is 0.847 bits per heavy atom. The minimum absolute atomic E-state index is 0.0446. The van der Waals surface area contributed by atoms with E-state index in [2.05, 4.69) is 141 Å². The lowest BCUT2D eigenvalue weighted by Gasteiger charge is -2.25. The number of quaternary nitrogens is 1. The molecule has 8 nitrogen and oxygen atoms in total. The van der Waals surface area contributed by atoms with E-state index in [4.69, 9.17) is 9.05 Å². The zero-order valence-electron chi connectivity index (χ0n) is 46.6. The van der Waals surface area contributed by atoms with E-state index in [1.807, 2.05) is 27.2 Å². The first-order chi connectivity index (χ1) is 35.0. The van der Waals surface area contributed by atoms with Crippen LogP contribution >= 0.6 is 7.82 Å². The lowest BCUT2D eigenvalue weighted by atomic mass is 10.1. The summed E-state index contributed by atoms with van der Waals surface area (Å²) in [4.78, 5) is 23.3. The van der Waals surface area contributed by atoms with Gasteiger partial charge in [-0.05, 0) is 109 Å². The number of aliphatic hydroxyl groups excluding tert-OH is 1. The number of phosphoric ester groups is 1. The Balaban J connectivity index is 4.28.